The van der Waals surface area contributed by atoms with E-state index < -0.39 is 0 Å². The van der Waals surface area contributed by atoms with Crippen LogP contribution in [0.25, 0.3) is 16.9 Å². The topological polar surface area (TPSA) is 42.2 Å². The van der Waals surface area contributed by atoms with Crippen molar-refractivity contribution in [1.29, 1.82) is 0 Å². The molecule has 0 saturated heterocycles. The lowest BCUT2D eigenvalue weighted by Crippen LogP contribution is -2.27. The molecule has 0 bridgehead atoms. The number of halogens is 1. The second-order valence-electron chi connectivity index (χ2n) is 7.04. The fourth-order valence-corrected chi connectivity index (χ4v) is 2.80. The summed E-state index contributed by atoms with van der Waals surface area (Å²) >= 11 is 5.98. The van der Waals surface area contributed by atoms with Crippen molar-refractivity contribution < 1.29 is 0 Å². The average molecular weight is 343 g/mol. The van der Waals surface area contributed by atoms with Crippen molar-refractivity contribution in [2.24, 2.45) is 0 Å². The predicted octanol–water partition coefficient (Wildman–Crippen LogP) is 5.21. The molecule has 24 heavy (non-hydrogen) atoms. The van der Waals surface area contributed by atoms with Gasteiger partial charge in [-0.1, -0.05) is 37.1 Å². The van der Waals surface area contributed by atoms with E-state index in [0.717, 1.165) is 46.3 Å². The SMILES string of the molecule is CCCc1nc2cnc(-c3ccc(Cl)cc3)cn2c1NC(C)(C)C. The number of fused-ring (bicyclic) bond motifs is 1. The quantitative estimate of drug-likeness (QED) is 0.707. The Kier molecular flexibility index (Phi) is 4.50. The van der Waals surface area contributed by atoms with Gasteiger partial charge in [-0.25, -0.2) is 4.98 Å². The van der Waals surface area contributed by atoms with Crippen LogP contribution in [0, 0.1) is 0 Å². The van der Waals surface area contributed by atoms with Gasteiger partial charge >= 0.3 is 0 Å². The molecule has 0 aliphatic carbocycles. The summed E-state index contributed by atoms with van der Waals surface area (Å²) in [6, 6.07) is 7.73. The summed E-state index contributed by atoms with van der Waals surface area (Å²) in [7, 11) is 0. The van der Waals surface area contributed by atoms with Gasteiger partial charge in [-0.05, 0) is 39.3 Å². The largest absolute Gasteiger partial charge is 0.365 e. The van der Waals surface area contributed by atoms with Crippen molar-refractivity contribution in [3.63, 3.8) is 0 Å². The van der Waals surface area contributed by atoms with Crippen LogP contribution in [0.15, 0.2) is 36.7 Å². The van der Waals surface area contributed by atoms with Gasteiger partial charge in [0.15, 0.2) is 5.65 Å². The third-order valence-corrected chi connectivity index (χ3v) is 3.95. The van der Waals surface area contributed by atoms with Gasteiger partial charge in [0.2, 0.25) is 0 Å². The van der Waals surface area contributed by atoms with E-state index in [-0.39, 0.29) is 5.54 Å². The van der Waals surface area contributed by atoms with Crippen molar-refractivity contribution in [2.75, 3.05) is 5.32 Å². The molecule has 0 fully saturated rings. The van der Waals surface area contributed by atoms with Crippen LogP contribution in [0.5, 0.6) is 0 Å². The van der Waals surface area contributed by atoms with Crippen LogP contribution in [0.4, 0.5) is 5.82 Å². The van der Waals surface area contributed by atoms with E-state index in [0.29, 0.717) is 0 Å². The highest BCUT2D eigenvalue weighted by atomic mass is 35.5. The predicted molar refractivity (Wildman–Crippen MR) is 101 cm³/mol. The molecule has 0 spiro atoms. The Morgan fingerprint density at radius 2 is 1.88 bits per heavy atom. The molecular weight excluding hydrogens is 320 g/mol. The van der Waals surface area contributed by atoms with E-state index >= 15 is 0 Å². The molecule has 0 radical (unpaired) electrons. The summed E-state index contributed by atoms with van der Waals surface area (Å²) in [4.78, 5) is 9.32. The van der Waals surface area contributed by atoms with E-state index in [2.05, 4.69) is 42.4 Å². The third-order valence-electron chi connectivity index (χ3n) is 3.70. The maximum Gasteiger partial charge on any atom is 0.157 e. The summed E-state index contributed by atoms with van der Waals surface area (Å²) < 4.78 is 2.10. The molecule has 1 aromatic carbocycles. The Balaban J connectivity index is 2.12. The number of nitrogens with one attached hydrogen (secondary N) is 1. The van der Waals surface area contributed by atoms with Crippen molar-refractivity contribution in [1.82, 2.24) is 14.4 Å². The number of aryl methyl sites for hydroxylation is 1. The van der Waals surface area contributed by atoms with E-state index in [9.17, 15) is 0 Å². The molecule has 4 nitrogen and oxygen atoms in total. The maximum absolute atomic E-state index is 5.98. The standard InChI is InChI=1S/C19H23ClN4/c1-5-6-15-18(23-19(2,3)4)24-12-16(21-11-17(24)22-15)13-7-9-14(20)10-8-13/h7-12,23H,5-6H2,1-4H3. The third kappa shape index (κ3) is 3.54. The van der Waals surface area contributed by atoms with Gasteiger partial charge in [0.1, 0.15) is 5.82 Å². The minimum atomic E-state index is -0.0395. The number of anilines is 1. The van der Waals surface area contributed by atoms with Gasteiger partial charge in [-0.2, -0.15) is 0 Å². The van der Waals surface area contributed by atoms with Crippen LogP contribution >= 0.6 is 11.6 Å². The van der Waals surface area contributed by atoms with Gasteiger partial charge in [-0.3, -0.25) is 9.38 Å². The highest BCUT2D eigenvalue weighted by Gasteiger charge is 2.18. The first kappa shape index (κ1) is 16.8. The van der Waals surface area contributed by atoms with E-state index in [1.165, 1.54) is 0 Å². The molecule has 0 atom stereocenters. The van der Waals surface area contributed by atoms with Gasteiger partial charge in [0, 0.05) is 22.3 Å². The second-order valence-corrected chi connectivity index (χ2v) is 7.48. The van der Waals surface area contributed by atoms with Crippen LogP contribution in [0.2, 0.25) is 5.02 Å². The van der Waals surface area contributed by atoms with Crippen molar-refractivity contribution in [2.45, 2.75) is 46.1 Å². The fourth-order valence-electron chi connectivity index (χ4n) is 2.67. The van der Waals surface area contributed by atoms with Crippen LogP contribution in [0.1, 0.15) is 39.8 Å². The lowest BCUT2D eigenvalue weighted by atomic mass is 10.1. The number of benzene rings is 1. The van der Waals surface area contributed by atoms with Gasteiger partial charge in [-0.15, -0.1) is 0 Å². The summed E-state index contributed by atoms with van der Waals surface area (Å²) in [5, 5.41) is 4.32. The molecule has 2 heterocycles. The molecule has 2 aromatic heterocycles. The molecule has 0 amide bonds. The molecule has 126 valence electrons. The maximum atomic E-state index is 5.98. The number of rotatable bonds is 4. The molecular formula is C19H23ClN4. The normalized spacial score (nSPS) is 11.9. The van der Waals surface area contributed by atoms with Crippen LogP contribution in [-0.4, -0.2) is 19.9 Å². The van der Waals surface area contributed by atoms with E-state index in [1.807, 2.05) is 36.7 Å². The Hall–Kier alpha value is -2.07. The lowest BCUT2D eigenvalue weighted by Gasteiger charge is -2.22. The molecule has 0 aliphatic heterocycles. The summed E-state index contributed by atoms with van der Waals surface area (Å²) in [5.41, 5.74) is 3.85. The molecule has 3 aromatic rings. The Labute approximate surface area is 147 Å². The van der Waals surface area contributed by atoms with Gasteiger partial charge in [0.05, 0.1) is 17.6 Å². The summed E-state index contributed by atoms with van der Waals surface area (Å²) in [6.45, 7) is 8.64. The molecule has 1 N–H and O–H groups in total. The number of imidazole rings is 1. The minimum absolute atomic E-state index is 0.0395. The molecule has 0 unspecified atom stereocenters. The first-order valence-corrected chi connectivity index (χ1v) is 8.66. The van der Waals surface area contributed by atoms with Gasteiger partial charge in [0.25, 0.3) is 0 Å². The number of hydrogen-bond acceptors (Lipinski definition) is 3. The smallest absolute Gasteiger partial charge is 0.157 e. The molecule has 3 rings (SSSR count). The lowest BCUT2D eigenvalue weighted by molar-refractivity contribution is 0.627. The molecule has 5 heteroatoms. The summed E-state index contributed by atoms with van der Waals surface area (Å²) in [5.74, 6) is 1.05. The Morgan fingerprint density at radius 1 is 1.17 bits per heavy atom. The van der Waals surface area contributed by atoms with Crippen molar-refractivity contribution >= 4 is 23.1 Å². The highest BCUT2D eigenvalue weighted by Crippen LogP contribution is 2.26. The zero-order chi connectivity index (χ0) is 17.3. The van der Waals surface area contributed by atoms with E-state index in [4.69, 9.17) is 16.6 Å². The van der Waals surface area contributed by atoms with Gasteiger partial charge < -0.3 is 5.32 Å². The number of aromatic nitrogens is 3. The number of nitrogens with zero attached hydrogens (tertiary/aromatic N) is 3. The zero-order valence-corrected chi connectivity index (χ0v) is 15.4. The minimum Gasteiger partial charge on any atom is -0.365 e. The molecule has 0 saturated carbocycles. The van der Waals surface area contributed by atoms with Crippen molar-refractivity contribution in [3.8, 4) is 11.3 Å². The Bertz CT molecular complexity index is 844. The molecule has 0 aliphatic rings. The monoisotopic (exact) mass is 342 g/mol. The van der Waals surface area contributed by atoms with Crippen LogP contribution in [-0.2, 0) is 6.42 Å². The number of hydrogen-bond donors (Lipinski definition) is 1. The average Bonchev–Trinajstić information content (AvgIpc) is 2.84. The van der Waals surface area contributed by atoms with Crippen molar-refractivity contribution in [3.05, 3.63) is 47.4 Å². The van der Waals surface area contributed by atoms with Crippen LogP contribution in [0.3, 0.4) is 0 Å². The first-order chi connectivity index (χ1) is 11.4. The first-order valence-electron chi connectivity index (χ1n) is 8.28. The summed E-state index contributed by atoms with van der Waals surface area (Å²) in [6.07, 6.45) is 5.87. The second kappa shape index (κ2) is 6.44. The Morgan fingerprint density at radius 3 is 2.50 bits per heavy atom. The highest BCUT2D eigenvalue weighted by molar-refractivity contribution is 6.30. The van der Waals surface area contributed by atoms with Crippen LogP contribution < -0.4 is 5.32 Å². The zero-order valence-electron chi connectivity index (χ0n) is 14.6. The fraction of sp³-hybridized carbons (Fsp3) is 0.368. The van der Waals surface area contributed by atoms with E-state index in [1.54, 1.807) is 0 Å².